The van der Waals surface area contributed by atoms with Crippen LogP contribution in [0.4, 0.5) is 4.79 Å². The molecule has 0 aliphatic carbocycles. The lowest BCUT2D eigenvalue weighted by Crippen LogP contribution is -1.81. The molecule has 0 rings (SSSR count). The predicted octanol–water partition coefficient (Wildman–Crippen LogP) is 1.99. The van der Waals surface area contributed by atoms with Crippen LogP contribution in [0.5, 0.6) is 0 Å². The fourth-order valence-corrected chi connectivity index (χ4v) is 0.478. The van der Waals surface area contributed by atoms with Crippen molar-refractivity contribution < 1.29 is 19.8 Å². The summed E-state index contributed by atoms with van der Waals surface area (Å²) in [5, 5.41) is 13.9. The van der Waals surface area contributed by atoms with Crippen LogP contribution in [0.25, 0.3) is 0 Å². The van der Waals surface area contributed by atoms with E-state index >= 15 is 0 Å². The van der Waals surface area contributed by atoms with E-state index < -0.39 is 6.16 Å². The number of hydrogen-bond acceptors (Lipinski definition) is 2. The van der Waals surface area contributed by atoms with Gasteiger partial charge in [0.15, 0.2) is 0 Å². The van der Waals surface area contributed by atoms with Gasteiger partial charge in [0.1, 0.15) is 6.29 Å². The summed E-state index contributed by atoms with van der Waals surface area (Å²) in [6.45, 7) is 2.13. The van der Waals surface area contributed by atoms with Gasteiger partial charge in [0.2, 0.25) is 0 Å². The molecule has 0 aliphatic heterocycles. The summed E-state index contributed by atoms with van der Waals surface area (Å²) in [7, 11) is 0. The van der Waals surface area contributed by atoms with Crippen molar-refractivity contribution in [1.29, 1.82) is 0 Å². The second-order valence-corrected chi connectivity index (χ2v) is 1.95. The van der Waals surface area contributed by atoms with E-state index in [1.807, 2.05) is 0 Å². The molecule has 0 atom stereocenters. The van der Waals surface area contributed by atoms with Gasteiger partial charge in [-0.1, -0.05) is 19.8 Å². The average molecular weight is 162 g/mol. The van der Waals surface area contributed by atoms with E-state index in [0.717, 1.165) is 19.1 Å². The predicted molar refractivity (Wildman–Crippen MR) is 40.9 cm³/mol. The Morgan fingerprint density at radius 2 is 1.82 bits per heavy atom. The molecule has 0 aliphatic rings. The van der Waals surface area contributed by atoms with Gasteiger partial charge in [-0.25, -0.2) is 4.79 Å². The van der Waals surface area contributed by atoms with Gasteiger partial charge in [-0.15, -0.1) is 0 Å². The van der Waals surface area contributed by atoms with Gasteiger partial charge in [0, 0.05) is 6.42 Å². The molecule has 0 bridgehead atoms. The van der Waals surface area contributed by atoms with Crippen molar-refractivity contribution >= 4 is 12.4 Å². The number of carbonyl (C=O) groups is 2. The van der Waals surface area contributed by atoms with Crippen LogP contribution in [0.3, 0.4) is 0 Å². The van der Waals surface area contributed by atoms with Crippen LogP contribution in [0, 0.1) is 0 Å². The Labute approximate surface area is 65.8 Å². The minimum Gasteiger partial charge on any atom is -0.450 e. The summed E-state index contributed by atoms with van der Waals surface area (Å²) in [5.41, 5.74) is 0. The van der Waals surface area contributed by atoms with Crippen molar-refractivity contribution in [3.05, 3.63) is 0 Å². The molecule has 0 heterocycles. The molecule has 4 nitrogen and oxygen atoms in total. The van der Waals surface area contributed by atoms with Gasteiger partial charge >= 0.3 is 6.16 Å². The monoisotopic (exact) mass is 162 g/mol. The summed E-state index contributed by atoms with van der Waals surface area (Å²) >= 11 is 0. The fraction of sp³-hybridized carbons (Fsp3) is 0.714. The maximum absolute atomic E-state index is 9.68. The van der Waals surface area contributed by atoms with Gasteiger partial charge in [0.25, 0.3) is 0 Å². The summed E-state index contributed by atoms with van der Waals surface area (Å²) in [6.07, 6.45) is 3.36. The van der Waals surface area contributed by atoms with E-state index in [1.165, 1.54) is 12.8 Å². The van der Waals surface area contributed by atoms with Crippen LogP contribution >= 0.6 is 0 Å². The van der Waals surface area contributed by atoms with Crippen molar-refractivity contribution in [3.63, 3.8) is 0 Å². The summed E-state index contributed by atoms with van der Waals surface area (Å²) in [5.74, 6) is 0. The molecule has 0 spiro atoms. The van der Waals surface area contributed by atoms with Gasteiger partial charge in [0.05, 0.1) is 0 Å². The minimum absolute atomic E-state index is 0.744. The third-order valence-corrected chi connectivity index (χ3v) is 0.926. The molecule has 2 N–H and O–H groups in total. The van der Waals surface area contributed by atoms with Crippen LogP contribution in [0.1, 0.15) is 32.6 Å². The molecule has 4 heteroatoms. The summed E-state index contributed by atoms with van der Waals surface area (Å²) < 4.78 is 0. The van der Waals surface area contributed by atoms with Crippen LogP contribution < -0.4 is 0 Å². The lowest BCUT2D eigenvalue weighted by Gasteiger charge is -1.85. The number of carboxylic acid groups (broad SMARTS) is 2. The molecule has 0 aromatic heterocycles. The van der Waals surface area contributed by atoms with Gasteiger partial charge < -0.3 is 15.0 Å². The molecular formula is C7H14O4. The Morgan fingerprint density at radius 3 is 2.09 bits per heavy atom. The molecule has 66 valence electrons. The van der Waals surface area contributed by atoms with Crippen LogP contribution in [-0.4, -0.2) is 22.7 Å². The Balaban J connectivity index is 0. The zero-order valence-corrected chi connectivity index (χ0v) is 6.62. The highest BCUT2D eigenvalue weighted by atomic mass is 16.6. The third kappa shape index (κ3) is 49.8. The number of rotatable bonds is 4. The topological polar surface area (TPSA) is 74.6 Å². The first kappa shape index (κ1) is 12.6. The zero-order chi connectivity index (χ0) is 9.11. The maximum atomic E-state index is 9.68. The highest BCUT2D eigenvalue weighted by molar-refractivity contribution is 5.53. The van der Waals surface area contributed by atoms with Crippen molar-refractivity contribution in [1.82, 2.24) is 0 Å². The van der Waals surface area contributed by atoms with E-state index in [2.05, 4.69) is 6.92 Å². The van der Waals surface area contributed by atoms with E-state index in [0.29, 0.717) is 0 Å². The summed E-state index contributed by atoms with van der Waals surface area (Å²) in [6, 6.07) is 0. The summed E-state index contributed by atoms with van der Waals surface area (Å²) in [4.78, 5) is 18.2. The van der Waals surface area contributed by atoms with Crippen molar-refractivity contribution in [2.45, 2.75) is 32.6 Å². The second-order valence-electron chi connectivity index (χ2n) is 1.95. The normalized spacial score (nSPS) is 7.73. The fourth-order valence-electron chi connectivity index (χ4n) is 0.478. The SMILES string of the molecule is CCCCCC=O.O=C(O)O. The Morgan fingerprint density at radius 1 is 1.36 bits per heavy atom. The molecule has 0 saturated heterocycles. The maximum Gasteiger partial charge on any atom is 0.503 e. The van der Waals surface area contributed by atoms with Gasteiger partial charge in [-0.3, -0.25) is 0 Å². The smallest absolute Gasteiger partial charge is 0.450 e. The lowest BCUT2D eigenvalue weighted by atomic mass is 10.2. The van der Waals surface area contributed by atoms with E-state index in [9.17, 15) is 4.79 Å². The highest BCUT2D eigenvalue weighted by Gasteiger charge is 1.80. The number of unbranched alkanes of at least 4 members (excludes halogenated alkanes) is 3. The van der Waals surface area contributed by atoms with Crippen LogP contribution in [-0.2, 0) is 4.79 Å². The van der Waals surface area contributed by atoms with Gasteiger partial charge in [-0.05, 0) is 6.42 Å². The Hall–Kier alpha value is -1.06. The molecule has 0 aromatic carbocycles. The largest absolute Gasteiger partial charge is 0.503 e. The molecule has 0 radical (unpaired) electrons. The van der Waals surface area contributed by atoms with Crippen molar-refractivity contribution in [2.75, 3.05) is 0 Å². The minimum atomic E-state index is -1.83. The van der Waals surface area contributed by atoms with Crippen LogP contribution in [0.2, 0.25) is 0 Å². The standard InChI is InChI=1S/C6H12O.CH2O3/c1-2-3-4-5-6-7;2-1(3)4/h6H,2-5H2,1H3;(H2,2,3,4). The Bertz CT molecular complexity index is 96.6. The number of carbonyl (C=O) groups excluding carboxylic acids is 1. The number of aldehydes is 1. The second kappa shape index (κ2) is 11.7. The number of hydrogen-bond donors (Lipinski definition) is 2. The zero-order valence-electron chi connectivity index (χ0n) is 6.62. The van der Waals surface area contributed by atoms with E-state index in [4.69, 9.17) is 15.0 Å². The molecule has 0 aromatic rings. The lowest BCUT2D eigenvalue weighted by molar-refractivity contribution is -0.107. The first-order valence-electron chi connectivity index (χ1n) is 3.50. The molecule has 0 amide bonds. The molecule has 0 fully saturated rings. The van der Waals surface area contributed by atoms with Crippen LogP contribution in [0.15, 0.2) is 0 Å². The van der Waals surface area contributed by atoms with Gasteiger partial charge in [-0.2, -0.15) is 0 Å². The average Bonchev–Trinajstić information content (AvgIpc) is 1.88. The molecule has 11 heavy (non-hydrogen) atoms. The Kier molecular flexibility index (Phi) is 13.4. The molecule has 0 unspecified atom stereocenters. The third-order valence-electron chi connectivity index (χ3n) is 0.926. The first-order chi connectivity index (χ1) is 5.15. The van der Waals surface area contributed by atoms with E-state index in [-0.39, 0.29) is 0 Å². The first-order valence-corrected chi connectivity index (χ1v) is 3.50. The highest BCUT2D eigenvalue weighted by Crippen LogP contribution is 1.94. The van der Waals surface area contributed by atoms with E-state index in [1.54, 1.807) is 0 Å². The molecular weight excluding hydrogens is 148 g/mol. The quantitative estimate of drug-likeness (QED) is 0.489. The van der Waals surface area contributed by atoms with Crippen molar-refractivity contribution in [2.24, 2.45) is 0 Å². The van der Waals surface area contributed by atoms with Crippen molar-refractivity contribution in [3.8, 4) is 0 Å². The molecule has 0 saturated carbocycles.